The number of carbonyl (C=O) groups is 1. The van der Waals surface area contributed by atoms with Crippen molar-refractivity contribution in [3.8, 4) is 5.75 Å². The smallest absolute Gasteiger partial charge is 0.233 e. The maximum atomic E-state index is 12.9. The molecule has 144 valence electrons. The fourth-order valence-electron chi connectivity index (χ4n) is 3.49. The monoisotopic (exact) mass is 403 g/mol. The van der Waals surface area contributed by atoms with E-state index in [0.29, 0.717) is 5.02 Å². The number of halogens is 1. The highest BCUT2D eigenvalue weighted by Gasteiger charge is 2.39. The number of ether oxygens (including phenoxy) is 1. The number of hydrogen-bond donors (Lipinski definition) is 1. The fourth-order valence-corrected chi connectivity index (χ4v) is 4.49. The third-order valence-electron chi connectivity index (χ3n) is 5.30. The number of rotatable bonds is 6. The molecule has 3 nitrogen and oxygen atoms in total. The Bertz CT molecular complexity index is 789. The van der Waals surface area contributed by atoms with E-state index in [2.05, 4.69) is 19.2 Å². The Hall–Kier alpha value is -1.65. The van der Waals surface area contributed by atoms with Gasteiger partial charge in [-0.3, -0.25) is 4.79 Å². The number of hydrogen-bond acceptors (Lipinski definition) is 3. The van der Waals surface area contributed by atoms with Gasteiger partial charge in [-0.2, -0.15) is 0 Å². The number of nitrogens with one attached hydrogen (secondary N) is 1. The highest BCUT2D eigenvalue weighted by molar-refractivity contribution is 8.00. The molecule has 0 fully saturated rings. The van der Waals surface area contributed by atoms with Gasteiger partial charge in [0.25, 0.3) is 0 Å². The van der Waals surface area contributed by atoms with Crippen LogP contribution in [-0.4, -0.2) is 16.8 Å². The van der Waals surface area contributed by atoms with Crippen LogP contribution in [0.25, 0.3) is 0 Å². The quantitative estimate of drug-likeness (QED) is 0.599. The number of thioether (sulfide) groups is 1. The maximum Gasteiger partial charge on any atom is 0.233 e. The van der Waals surface area contributed by atoms with E-state index in [4.69, 9.17) is 16.3 Å². The van der Waals surface area contributed by atoms with Gasteiger partial charge in [-0.25, -0.2) is 0 Å². The molecule has 1 N–H and O–H groups in total. The zero-order chi connectivity index (χ0) is 19.4. The molecule has 0 bridgehead atoms. The molecule has 27 heavy (non-hydrogen) atoms. The zero-order valence-corrected chi connectivity index (χ0v) is 17.6. The second-order valence-corrected chi connectivity index (χ2v) is 8.86. The van der Waals surface area contributed by atoms with Crippen LogP contribution < -0.4 is 10.1 Å². The number of amides is 1. The molecule has 5 heteroatoms. The first kappa shape index (κ1) is 20.1. The summed E-state index contributed by atoms with van der Waals surface area (Å²) in [6.45, 7) is 6.23. The summed E-state index contributed by atoms with van der Waals surface area (Å²) in [5.74, 6) is 0.925. The Morgan fingerprint density at radius 2 is 1.89 bits per heavy atom. The average Bonchev–Trinajstić information content (AvgIpc) is 2.69. The minimum absolute atomic E-state index is 0.0318. The van der Waals surface area contributed by atoms with Gasteiger partial charge in [-0.1, -0.05) is 43.6 Å². The van der Waals surface area contributed by atoms with Crippen molar-refractivity contribution in [2.75, 3.05) is 0 Å². The first-order chi connectivity index (χ1) is 13.0. The van der Waals surface area contributed by atoms with Crippen LogP contribution in [0.5, 0.6) is 5.75 Å². The normalized spacial score (nSPS) is 18.9. The van der Waals surface area contributed by atoms with E-state index in [1.54, 1.807) is 0 Å². The van der Waals surface area contributed by atoms with Gasteiger partial charge in [-0.05, 0) is 50.1 Å². The van der Waals surface area contributed by atoms with Crippen molar-refractivity contribution in [3.63, 3.8) is 0 Å². The summed E-state index contributed by atoms with van der Waals surface area (Å²) in [5.41, 5.74) is 0.839. The Kier molecular flexibility index (Phi) is 6.38. The second kappa shape index (κ2) is 8.57. The predicted octanol–water partition coefficient (Wildman–Crippen LogP) is 6.02. The van der Waals surface area contributed by atoms with Gasteiger partial charge in [0, 0.05) is 21.9 Å². The molecule has 0 spiro atoms. The highest BCUT2D eigenvalue weighted by Crippen LogP contribution is 2.42. The van der Waals surface area contributed by atoms with Crippen LogP contribution in [-0.2, 0) is 4.79 Å². The lowest BCUT2D eigenvalue weighted by atomic mass is 9.83. The summed E-state index contributed by atoms with van der Waals surface area (Å²) in [6.07, 6.45) is 2.62. The minimum Gasteiger partial charge on any atom is -0.487 e. The van der Waals surface area contributed by atoms with Crippen molar-refractivity contribution in [3.05, 3.63) is 59.1 Å². The van der Waals surface area contributed by atoms with E-state index >= 15 is 0 Å². The minimum atomic E-state index is -0.223. The van der Waals surface area contributed by atoms with Crippen molar-refractivity contribution < 1.29 is 9.53 Å². The summed E-state index contributed by atoms with van der Waals surface area (Å²) >= 11 is 7.48. The van der Waals surface area contributed by atoms with Crippen molar-refractivity contribution >= 4 is 29.3 Å². The highest BCUT2D eigenvalue weighted by atomic mass is 35.5. The van der Waals surface area contributed by atoms with E-state index in [-0.39, 0.29) is 22.8 Å². The number of benzene rings is 2. The van der Waals surface area contributed by atoms with E-state index in [1.807, 2.05) is 55.5 Å². The molecule has 0 aromatic heterocycles. The molecule has 2 aromatic carbocycles. The van der Waals surface area contributed by atoms with Gasteiger partial charge < -0.3 is 10.1 Å². The largest absolute Gasteiger partial charge is 0.487 e. The third kappa shape index (κ3) is 4.61. The molecule has 0 aliphatic carbocycles. The Morgan fingerprint density at radius 3 is 2.56 bits per heavy atom. The number of para-hydroxylation sites is 1. The molecule has 0 radical (unpaired) electrons. The summed E-state index contributed by atoms with van der Waals surface area (Å²) in [7, 11) is 0. The van der Waals surface area contributed by atoms with Crippen LogP contribution in [0.15, 0.2) is 53.4 Å². The SMILES string of the molecule is CCC1(CC)C[C@H](NC(=O)[C@@H](C)Sc2ccc(Cl)cc2)c2ccccc2O1. The maximum absolute atomic E-state index is 12.9. The van der Waals surface area contributed by atoms with Gasteiger partial charge in [0.15, 0.2) is 0 Å². The van der Waals surface area contributed by atoms with Gasteiger partial charge in [0.05, 0.1) is 11.3 Å². The second-order valence-electron chi connectivity index (χ2n) is 7.01. The summed E-state index contributed by atoms with van der Waals surface area (Å²) in [6, 6.07) is 15.6. The fraction of sp³-hybridized carbons (Fsp3) is 0.409. The Labute approximate surface area is 170 Å². The lowest BCUT2D eigenvalue weighted by Gasteiger charge is -2.42. The van der Waals surface area contributed by atoms with Gasteiger partial charge in [0.1, 0.15) is 11.4 Å². The van der Waals surface area contributed by atoms with Crippen molar-refractivity contribution in [1.29, 1.82) is 0 Å². The van der Waals surface area contributed by atoms with Gasteiger partial charge in [-0.15, -0.1) is 11.8 Å². The molecule has 2 atom stereocenters. The standard InChI is InChI=1S/C22H26ClNO2S/c1-4-22(5-2)14-19(18-8-6-7-9-20(18)26-22)24-21(25)15(3)27-17-12-10-16(23)11-13-17/h6-13,15,19H,4-5,14H2,1-3H3,(H,24,25)/t15-,19+/m1/s1. The molecule has 1 amide bonds. The zero-order valence-electron chi connectivity index (χ0n) is 16.0. The van der Waals surface area contributed by atoms with Crippen LogP contribution in [0.1, 0.15) is 51.6 Å². The van der Waals surface area contributed by atoms with Crippen LogP contribution in [0.4, 0.5) is 0 Å². The molecular formula is C22H26ClNO2S. The van der Waals surface area contributed by atoms with E-state index in [1.165, 1.54) is 11.8 Å². The van der Waals surface area contributed by atoms with Gasteiger partial charge in [0.2, 0.25) is 5.91 Å². The topological polar surface area (TPSA) is 38.3 Å². The van der Waals surface area contributed by atoms with Crippen LogP contribution in [0.2, 0.25) is 5.02 Å². The molecule has 0 unspecified atom stereocenters. The van der Waals surface area contributed by atoms with E-state index < -0.39 is 0 Å². The Morgan fingerprint density at radius 1 is 1.22 bits per heavy atom. The first-order valence-corrected chi connectivity index (χ1v) is 10.7. The molecule has 0 saturated heterocycles. The van der Waals surface area contributed by atoms with Crippen LogP contribution in [0, 0.1) is 0 Å². The first-order valence-electron chi connectivity index (χ1n) is 9.47. The summed E-state index contributed by atoms with van der Waals surface area (Å²) in [4.78, 5) is 13.9. The Balaban J connectivity index is 1.74. The van der Waals surface area contributed by atoms with Gasteiger partial charge >= 0.3 is 0 Å². The lowest BCUT2D eigenvalue weighted by Crippen LogP contribution is -2.45. The number of carbonyl (C=O) groups excluding carboxylic acids is 1. The average molecular weight is 404 g/mol. The number of fused-ring (bicyclic) bond motifs is 1. The third-order valence-corrected chi connectivity index (χ3v) is 6.66. The predicted molar refractivity (Wildman–Crippen MR) is 113 cm³/mol. The van der Waals surface area contributed by atoms with Crippen molar-refractivity contribution in [2.24, 2.45) is 0 Å². The van der Waals surface area contributed by atoms with Crippen molar-refractivity contribution in [2.45, 2.75) is 61.8 Å². The lowest BCUT2D eigenvalue weighted by molar-refractivity contribution is -0.121. The summed E-state index contributed by atoms with van der Waals surface area (Å²) in [5, 5.41) is 3.77. The molecule has 2 aromatic rings. The van der Waals surface area contributed by atoms with Crippen molar-refractivity contribution in [1.82, 2.24) is 5.32 Å². The van der Waals surface area contributed by atoms with Crippen LogP contribution in [0.3, 0.4) is 0 Å². The molecule has 1 aliphatic heterocycles. The molecule has 1 aliphatic rings. The molecule has 1 heterocycles. The molecule has 3 rings (SSSR count). The summed E-state index contributed by atoms with van der Waals surface area (Å²) < 4.78 is 6.33. The van der Waals surface area contributed by atoms with E-state index in [9.17, 15) is 4.79 Å². The molecule has 0 saturated carbocycles. The van der Waals surface area contributed by atoms with E-state index in [0.717, 1.165) is 35.5 Å². The van der Waals surface area contributed by atoms with Crippen LogP contribution >= 0.6 is 23.4 Å². The molecular weight excluding hydrogens is 378 g/mol.